The summed E-state index contributed by atoms with van der Waals surface area (Å²) in [6.45, 7) is 0.361. The van der Waals surface area contributed by atoms with Crippen LogP contribution in [0.2, 0.25) is 0 Å². The molecule has 2 fully saturated rings. The van der Waals surface area contributed by atoms with Crippen molar-refractivity contribution in [3.63, 3.8) is 0 Å². The van der Waals surface area contributed by atoms with Crippen LogP contribution in [0.25, 0.3) is 10.4 Å². The molecule has 4 rings (SSSR count). The average molecular weight is 385 g/mol. The summed E-state index contributed by atoms with van der Waals surface area (Å²) in [7, 11) is 0. The van der Waals surface area contributed by atoms with Gasteiger partial charge in [0.15, 0.2) is 12.6 Å². The Morgan fingerprint density at radius 1 is 1.07 bits per heavy atom. The lowest BCUT2D eigenvalue weighted by Gasteiger charge is -2.45. The van der Waals surface area contributed by atoms with E-state index in [0.717, 1.165) is 11.1 Å². The zero-order chi connectivity index (χ0) is 19.3. The molecule has 0 N–H and O–H groups in total. The van der Waals surface area contributed by atoms with Gasteiger partial charge in [0.2, 0.25) is 0 Å². The number of hydrogen-bond acceptors (Lipinski definition) is 5. The van der Waals surface area contributed by atoms with Crippen molar-refractivity contribution in [1.29, 1.82) is 0 Å². The Labute approximate surface area is 161 Å². The van der Waals surface area contributed by atoms with E-state index in [4.69, 9.17) is 24.5 Å². The van der Waals surface area contributed by atoms with E-state index in [2.05, 4.69) is 10.0 Å². The summed E-state index contributed by atoms with van der Waals surface area (Å²) in [6, 6.07) is 17.6. The summed E-state index contributed by atoms with van der Waals surface area (Å²) in [4.78, 5) is 2.77. The predicted molar refractivity (Wildman–Crippen MR) is 97.7 cm³/mol. The van der Waals surface area contributed by atoms with Crippen LogP contribution in [0.4, 0.5) is 4.39 Å². The van der Waals surface area contributed by atoms with Gasteiger partial charge in [-0.1, -0.05) is 65.8 Å². The minimum atomic E-state index is -1.58. The number of halogens is 1. The molecule has 2 aliphatic rings. The van der Waals surface area contributed by atoms with Crippen LogP contribution in [-0.2, 0) is 25.6 Å². The summed E-state index contributed by atoms with van der Waals surface area (Å²) in [5.41, 5.74) is 10.6. The van der Waals surface area contributed by atoms with Gasteiger partial charge in [-0.15, -0.1) is 0 Å². The molecular formula is C20H20FN3O4. The Morgan fingerprint density at radius 2 is 1.79 bits per heavy atom. The fourth-order valence-corrected chi connectivity index (χ4v) is 3.39. The van der Waals surface area contributed by atoms with E-state index in [0.29, 0.717) is 0 Å². The van der Waals surface area contributed by atoms with E-state index in [-0.39, 0.29) is 13.2 Å². The molecule has 8 heteroatoms. The van der Waals surface area contributed by atoms with Crippen LogP contribution >= 0.6 is 0 Å². The highest BCUT2D eigenvalue weighted by Gasteiger charge is 2.50. The van der Waals surface area contributed by atoms with Crippen LogP contribution in [-0.4, -0.2) is 37.3 Å². The third-order valence-corrected chi connectivity index (χ3v) is 4.80. The number of hydrogen-bond donors (Lipinski definition) is 0. The van der Waals surface area contributed by atoms with Crippen molar-refractivity contribution in [2.45, 2.75) is 43.6 Å². The molecule has 0 radical (unpaired) electrons. The molecule has 146 valence electrons. The molecule has 0 amide bonds. The van der Waals surface area contributed by atoms with Gasteiger partial charge in [-0.2, -0.15) is 0 Å². The van der Waals surface area contributed by atoms with Crippen LogP contribution < -0.4 is 0 Å². The molecule has 0 bridgehead atoms. The third kappa shape index (κ3) is 4.01. The van der Waals surface area contributed by atoms with Gasteiger partial charge >= 0.3 is 0 Å². The second kappa shape index (κ2) is 8.68. The molecule has 2 saturated heterocycles. The van der Waals surface area contributed by atoms with Crippen LogP contribution in [0.3, 0.4) is 0 Å². The monoisotopic (exact) mass is 385 g/mol. The summed E-state index contributed by atoms with van der Waals surface area (Å²) in [5, 5.41) is 3.58. The lowest BCUT2D eigenvalue weighted by atomic mass is 9.97. The smallest absolute Gasteiger partial charge is 0.184 e. The molecule has 6 atom stereocenters. The number of rotatable bonds is 5. The molecule has 2 aromatic rings. The van der Waals surface area contributed by atoms with Crippen LogP contribution in [0.1, 0.15) is 17.4 Å². The maximum atomic E-state index is 15.2. The number of fused-ring (bicyclic) bond motifs is 1. The third-order valence-electron chi connectivity index (χ3n) is 4.80. The van der Waals surface area contributed by atoms with Crippen molar-refractivity contribution in [1.82, 2.24) is 0 Å². The molecule has 0 aromatic heterocycles. The molecule has 2 aromatic carbocycles. The lowest BCUT2D eigenvalue weighted by Crippen LogP contribution is -2.60. The molecule has 0 unspecified atom stereocenters. The lowest BCUT2D eigenvalue weighted by molar-refractivity contribution is -0.336. The van der Waals surface area contributed by atoms with Gasteiger partial charge in [0.1, 0.15) is 24.4 Å². The average Bonchev–Trinajstić information content (AvgIpc) is 2.76. The molecule has 0 spiro atoms. The zero-order valence-corrected chi connectivity index (χ0v) is 15.0. The molecule has 28 heavy (non-hydrogen) atoms. The van der Waals surface area contributed by atoms with Crippen molar-refractivity contribution < 1.29 is 23.3 Å². The van der Waals surface area contributed by atoms with E-state index in [1.165, 1.54) is 0 Å². The molecule has 2 aliphatic heterocycles. The molecule has 0 saturated carbocycles. The quantitative estimate of drug-likeness (QED) is 0.441. The van der Waals surface area contributed by atoms with Gasteiger partial charge in [0, 0.05) is 10.5 Å². The number of nitrogens with zero attached hydrogens (tertiary/aromatic N) is 3. The van der Waals surface area contributed by atoms with E-state index in [1.54, 1.807) is 0 Å². The molecule has 0 aliphatic carbocycles. The Morgan fingerprint density at radius 3 is 2.50 bits per heavy atom. The van der Waals surface area contributed by atoms with Crippen molar-refractivity contribution >= 4 is 0 Å². The maximum Gasteiger partial charge on any atom is 0.184 e. The summed E-state index contributed by atoms with van der Waals surface area (Å²) >= 11 is 0. The van der Waals surface area contributed by atoms with Crippen LogP contribution in [0, 0.1) is 0 Å². The van der Waals surface area contributed by atoms with Gasteiger partial charge in [-0.05, 0) is 11.1 Å². The number of azide groups is 1. The minimum Gasteiger partial charge on any atom is -0.347 e. The predicted octanol–water partition coefficient (Wildman–Crippen LogP) is 4.06. The normalized spacial score (nSPS) is 32.2. The van der Waals surface area contributed by atoms with Crippen molar-refractivity contribution in [2.24, 2.45) is 5.11 Å². The first-order valence-corrected chi connectivity index (χ1v) is 9.07. The standard InChI is InChI=1S/C20H20FN3O4/c21-16-17(23-24-22)20(25-11-13-7-3-1-4-8-13)27-15-12-26-19(28-18(15)16)14-9-5-2-6-10-14/h1-10,15-20H,11-12H2/t15-,16-,17-,18+,19+,20-/m0/s1. The largest absolute Gasteiger partial charge is 0.347 e. The van der Waals surface area contributed by atoms with E-state index in [1.807, 2.05) is 60.7 Å². The first kappa shape index (κ1) is 18.9. The van der Waals surface area contributed by atoms with Crippen molar-refractivity contribution in [2.75, 3.05) is 6.61 Å². The Kier molecular flexibility index (Phi) is 5.85. The number of benzene rings is 2. The van der Waals surface area contributed by atoms with Crippen molar-refractivity contribution in [3.8, 4) is 0 Å². The van der Waals surface area contributed by atoms with Gasteiger partial charge in [0.05, 0.1) is 13.2 Å². The van der Waals surface area contributed by atoms with Crippen molar-refractivity contribution in [3.05, 3.63) is 82.2 Å². The topological polar surface area (TPSA) is 85.7 Å². The van der Waals surface area contributed by atoms with E-state index < -0.39 is 37.0 Å². The Balaban J connectivity index is 1.47. The fourth-order valence-electron chi connectivity index (χ4n) is 3.39. The second-order valence-electron chi connectivity index (χ2n) is 6.66. The van der Waals surface area contributed by atoms with Gasteiger partial charge in [-0.25, -0.2) is 4.39 Å². The SMILES string of the molecule is [N-]=[N+]=N[C@@H]1[C@@H](OCc2ccccc2)O[C@H]2CO[C@@H](c3ccccc3)O[C@H]2[C@H]1F. The van der Waals surface area contributed by atoms with Crippen LogP contribution in [0.5, 0.6) is 0 Å². The summed E-state index contributed by atoms with van der Waals surface area (Å²) in [6.07, 6.45) is -4.86. The highest BCUT2D eigenvalue weighted by molar-refractivity contribution is 5.17. The van der Waals surface area contributed by atoms with Crippen LogP contribution in [0.15, 0.2) is 65.8 Å². The first-order valence-electron chi connectivity index (χ1n) is 9.07. The maximum absolute atomic E-state index is 15.2. The number of ether oxygens (including phenoxy) is 4. The highest BCUT2D eigenvalue weighted by atomic mass is 19.1. The fraction of sp³-hybridized carbons (Fsp3) is 0.400. The molecule has 7 nitrogen and oxygen atoms in total. The first-order chi connectivity index (χ1) is 13.8. The highest BCUT2D eigenvalue weighted by Crippen LogP contribution is 2.36. The minimum absolute atomic E-state index is 0.152. The van der Waals surface area contributed by atoms with E-state index in [9.17, 15) is 0 Å². The Hall–Kier alpha value is -2.48. The van der Waals surface area contributed by atoms with Gasteiger partial charge in [0.25, 0.3) is 0 Å². The Bertz CT molecular complexity index is 819. The second-order valence-corrected chi connectivity index (χ2v) is 6.66. The molecular weight excluding hydrogens is 365 g/mol. The van der Waals surface area contributed by atoms with Gasteiger partial charge in [-0.3, -0.25) is 0 Å². The van der Waals surface area contributed by atoms with E-state index >= 15 is 4.39 Å². The summed E-state index contributed by atoms with van der Waals surface area (Å²) in [5.74, 6) is 0. The molecule has 2 heterocycles. The zero-order valence-electron chi connectivity index (χ0n) is 15.0. The number of alkyl halides is 1. The van der Waals surface area contributed by atoms with Gasteiger partial charge < -0.3 is 18.9 Å². The summed E-state index contributed by atoms with van der Waals surface area (Å²) < 4.78 is 38.3.